The molecule has 1 aliphatic heterocycles. The summed E-state index contributed by atoms with van der Waals surface area (Å²) in [5.41, 5.74) is 10.3. The van der Waals surface area contributed by atoms with Crippen LogP contribution in [0.25, 0.3) is 33.5 Å². The van der Waals surface area contributed by atoms with Crippen LogP contribution in [0.15, 0.2) is 176 Å². The van der Waals surface area contributed by atoms with Crippen LogP contribution >= 0.6 is 0 Å². The number of phenols is 1. The van der Waals surface area contributed by atoms with E-state index in [0.29, 0.717) is 0 Å². The van der Waals surface area contributed by atoms with E-state index in [-0.39, 0.29) is 11.8 Å². The minimum Gasteiger partial charge on any atom is -0.507 e. The van der Waals surface area contributed by atoms with E-state index in [4.69, 9.17) is 0 Å². The molecule has 0 saturated carbocycles. The van der Waals surface area contributed by atoms with E-state index >= 15 is 0 Å². The first-order valence-corrected chi connectivity index (χ1v) is 14.6. The van der Waals surface area contributed by atoms with Crippen LogP contribution in [0.2, 0.25) is 0 Å². The Bertz CT molecular complexity index is 1830. The maximum atomic E-state index is 11.7. The summed E-state index contributed by atoms with van der Waals surface area (Å²) in [4.78, 5) is 2.41. The first kappa shape index (κ1) is 26.3. The average Bonchev–Trinajstić information content (AvgIpc) is 3.10. The van der Waals surface area contributed by atoms with Crippen LogP contribution in [0.1, 0.15) is 22.7 Å². The van der Waals surface area contributed by atoms with Crippen LogP contribution in [-0.4, -0.2) is 5.11 Å². The van der Waals surface area contributed by atoms with E-state index in [1.54, 1.807) is 0 Å². The summed E-state index contributed by atoms with van der Waals surface area (Å²) in [7, 11) is 0. The zero-order valence-corrected chi connectivity index (χ0v) is 23.7. The summed E-state index contributed by atoms with van der Waals surface area (Å²) in [6.45, 7) is 0. The van der Waals surface area contributed by atoms with Crippen LogP contribution in [0.5, 0.6) is 5.75 Å². The molecule has 1 N–H and O–H groups in total. The summed E-state index contributed by atoms with van der Waals surface area (Å²) in [6, 6.07) is 56.3. The number of anilines is 1. The van der Waals surface area contributed by atoms with Gasteiger partial charge in [-0.3, -0.25) is 0 Å². The number of phenolic OH excluding ortho intramolecular Hbond substituents is 1. The Balaban J connectivity index is 1.51. The van der Waals surface area contributed by atoms with Gasteiger partial charge in [-0.15, -0.1) is 0 Å². The first-order valence-electron chi connectivity index (χ1n) is 14.6. The molecule has 1 aliphatic rings. The average molecular weight is 554 g/mol. The van der Waals surface area contributed by atoms with Crippen molar-refractivity contribution in [3.8, 4) is 28.0 Å². The van der Waals surface area contributed by atoms with Crippen molar-refractivity contribution in [2.24, 2.45) is 0 Å². The SMILES string of the molecule is Oc1c(-c2ccccc2)cc(N2C(c3ccccc3)=CC(c3ccccc3)=C[C@@H]2c2ccccc2)cc1-c1ccccc1. The molecule has 0 amide bonds. The molecule has 206 valence electrons. The normalized spacial score (nSPS) is 14.6. The Labute approximate surface area is 253 Å². The third kappa shape index (κ3) is 5.27. The van der Waals surface area contributed by atoms with Crippen LogP contribution in [-0.2, 0) is 0 Å². The Hall–Kier alpha value is -5.60. The van der Waals surface area contributed by atoms with Gasteiger partial charge in [-0.1, -0.05) is 152 Å². The lowest BCUT2D eigenvalue weighted by molar-refractivity contribution is 0.479. The zero-order valence-electron chi connectivity index (χ0n) is 23.7. The molecule has 1 heterocycles. The second-order valence-corrected chi connectivity index (χ2v) is 10.7. The second kappa shape index (κ2) is 11.7. The van der Waals surface area contributed by atoms with Crippen molar-refractivity contribution in [3.63, 3.8) is 0 Å². The van der Waals surface area contributed by atoms with E-state index in [0.717, 1.165) is 39.2 Å². The Kier molecular flexibility index (Phi) is 7.17. The standard InChI is InChI=1S/C41H31NO/c43-41-37(31-18-8-2-9-19-31)28-36(29-38(41)32-20-10-3-11-21-32)42-39(33-22-12-4-13-23-33)26-35(30-16-6-1-7-17-30)27-40(42)34-24-14-5-15-25-34/h1-29,39,43H/t39-/m1/s1. The highest BCUT2D eigenvalue weighted by molar-refractivity contribution is 5.96. The Morgan fingerprint density at radius 1 is 0.465 bits per heavy atom. The highest BCUT2D eigenvalue weighted by Gasteiger charge is 2.29. The molecule has 6 aromatic rings. The molecule has 0 saturated heterocycles. The number of benzene rings is 6. The predicted molar refractivity (Wildman–Crippen MR) is 179 cm³/mol. The third-order valence-corrected chi connectivity index (χ3v) is 8.03. The van der Waals surface area contributed by atoms with Gasteiger partial charge in [0.05, 0.1) is 6.04 Å². The maximum absolute atomic E-state index is 11.7. The van der Waals surface area contributed by atoms with E-state index in [1.165, 1.54) is 16.7 Å². The molecule has 43 heavy (non-hydrogen) atoms. The van der Waals surface area contributed by atoms with Gasteiger partial charge in [0.1, 0.15) is 5.75 Å². The highest BCUT2D eigenvalue weighted by atomic mass is 16.3. The minimum absolute atomic E-state index is 0.0894. The maximum Gasteiger partial charge on any atom is 0.131 e. The summed E-state index contributed by atoms with van der Waals surface area (Å²) in [5, 5.41) is 11.7. The summed E-state index contributed by atoms with van der Waals surface area (Å²) in [6.07, 6.45) is 4.65. The monoisotopic (exact) mass is 553 g/mol. The molecule has 0 radical (unpaired) electrons. The van der Waals surface area contributed by atoms with Crippen molar-refractivity contribution in [2.45, 2.75) is 6.04 Å². The molecule has 0 aliphatic carbocycles. The van der Waals surface area contributed by atoms with E-state index in [2.05, 4.69) is 144 Å². The molecule has 1 atom stereocenters. The van der Waals surface area contributed by atoms with E-state index < -0.39 is 0 Å². The van der Waals surface area contributed by atoms with Crippen molar-refractivity contribution in [2.75, 3.05) is 4.90 Å². The molecule has 2 nitrogen and oxygen atoms in total. The fourth-order valence-electron chi connectivity index (χ4n) is 5.93. The smallest absolute Gasteiger partial charge is 0.131 e. The van der Waals surface area contributed by atoms with Gasteiger partial charge in [0.2, 0.25) is 0 Å². The van der Waals surface area contributed by atoms with Gasteiger partial charge in [-0.25, -0.2) is 0 Å². The molecule has 0 bridgehead atoms. The third-order valence-electron chi connectivity index (χ3n) is 8.03. The highest BCUT2D eigenvalue weighted by Crippen LogP contribution is 2.47. The van der Waals surface area contributed by atoms with Crippen LogP contribution in [0.3, 0.4) is 0 Å². The van der Waals surface area contributed by atoms with Gasteiger partial charge in [0.25, 0.3) is 0 Å². The van der Waals surface area contributed by atoms with Gasteiger partial charge in [-0.05, 0) is 57.7 Å². The zero-order chi connectivity index (χ0) is 29.0. The van der Waals surface area contributed by atoms with Crippen molar-refractivity contribution < 1.29 is 5.11 Å². The number of aromatic hydroxyl groups is 1. The van der Waals surface area contributed by atoms with Gasteiger partial charge >= 0.3 is 0 Å². The van der Waals surface area contributed by atoms with Gasteiger partial charge in [-0.2, -0.15) is 0 Å². The summed E-state index contributed by atoms with van der Waals surface area (Å²) < 4.78 is 0. The number of hydrogen-bond acceptors (Lipinski definition) is 2. The fourth-order valence-corrected chi connectivity index (χ4v) is 5.93. The van der Waals surface area contributed by atoms with Crippen molar-refractivity contribution in [3.05, 3.63) is 193 Å². The predicted octanol–water partition coefficient (Wildman–Crippen LogP) is 10.4. The number of allylic oxidation sites excluding steroid dienone is 2. The van der Waals surface area contributed by atoms with E-state index in [1.807, 2.05) is 36.4 Å². The van der Waals surface area contributed by atoms with Crippen LogP contribution in [0.4, 0.5) is 5.69 Å². The molecular weight excluding hydrogens is 522 g/mol. The molecule has 0 aromatic heterocycles. The van der Waals surface area contributed by atoms with Crippen LogP contribution < -0.4 is 4.90 Å². The quantitative estimate of drug-likeness (QED) is 0.222. The van der Waals surface area contributed by atoms with Crippen LogP contribution in [0, 0.1) is 0 Å². The number of rotatable bonds is 6. The Morgan fingerprint density at radius 2 is 0.884 bits per heavy atom. The van der Waals surface area contributed by atoms with Gasteiger partial charge in [0.15, 0.2) is 0 Å². The van der Waals surface area contributed by atoms with E-state index in [9.17, 15) is 5.11 Å². The lowest BCUT2D eigenvalue weighted by Gasteiger charge is -2.38. The lowest BCUT2D eigenvalue weighted by Crippen LogP contribution is -2.29. The summed E-state index contributed by atoms with van der Waals surface area (Å²) >= 11 is 0. The fraction of sp³-hybridized carbons (Fsp3) is 0.0244. The second-order valence-electron chi connectivity index (χ2n) is 10.7. The number of hydrogen-bond donors (Lipinski definition) is 1. The van der Waals surface area contributed by atoms with Gasteiger partial charge in [0, 0.05) is 22.5 Å². The lowest BCUT2D eigenvalue weighted by atomic mass is 9.89. The molecule has 7 rings (SSSR count). The van der Waals surface area contributed by atoms with Crippen molar-refractivity contribution in [1.29, 1.82) is 0 Å². The number of nitrogens with zero attached hydrogens (tertiary/aromatic N) is 1. The molecule has 6 aromatic carbocycles. The first-order chi connectivity index (χ1) is 21.3. The molecular formula is C41H31NO. The largest absolute Gasteiger partial charge is 0.507 e. The van der Waals surface area contributed by atoms with Crippen molar-refractivity contribution in [1.82, 2.24) is 0 Å². The Morgan fingerprint density at radius 3 is 1.37 bits per heavy atom. The minimum atomic E-state index is -0.0894. The molecule has 0 fully saturated rings. The molecule has 0 unspecified atom stereocenters. The topological polar surface area (TPSA) is 23.5 Å². The molecule has 0 spiro atoms. The molecule has 2 heteroatoms. The summed E-state index contributed by atoms with van der Waals surface area (Å²) in [5.74, 6) is 0.278. The van der Waals surface area contributed by atoms with Crippen molar-refractivity contribution >= 4 is 17.0 Å². The van der Waals surface area contributed by atoms with Gasteiger partial charge < -0.3 is 10.0 Å².